The van der Waals surface area contributed by atoms with Gasteiger partial charge in [-0.1, -0.05) is 6.92 Å². The van der Waals surface area contributed by atoms with E-state index in [1.54, 1.807) is 25.3 Å². The quantitative estimate of drug-likeness (QED) is 0.401. The third kappa shape index (κ3) is 6.29. The Bertz CT molecular complexity index is 364. The van der Waals surface area contributed by atoms with Crippen LogP contribution in [-0.2, 0) is 5.60 Å². The molecule has 3 N–H and O–H groups in total. The number of hydrogen-bond donors (Lipinski definition) is 3. The standard InChI is InChI=1S/C13H23N3O2.HI/c1-4-8-15-12(14-5-2)16-10-13(3,17)11-7-6-9-18-11;/h6-7,9,17H,4-5,8,10H2,1-3H3,(H2,14,15,16);1H. The van der Waals surface area contributed by atoms with Crippen molar-refractivity contribution < 1.29 is 9.52 Å². The first-order chi connectivity index (χ1) is 8.60. The van der Waals surface area contributed by atoms with Gasteiger partial charge in [0.1, 0.15) is 11.4 Å². The Morgan fingerprint density at radius 3 is 2.68 bits per heavy atom. The largest absolute Gasteiger partial charge is 0.466 e. The molecule has 0 fully saturated rings. The molecule has 0 aliphatic heterocycles. The van der Waals surface area contributed by atoms with Crippen LogP contribution >= 0.6 is 24.0 Å². The average molecular weight is 381 g/mol. The van der Waals surface area contributed by atoms with Gasteiger partial charge in [-0.2, -0.15) is 0 Å². The molecule has 1 heterocycles. The lowest BCUT2D eigenvalue weighted by Gasteiger charge is -2.19. The number of nitrogens with zero attached hydrogens (tertiary/aromatic N) is 1. The van der Waals surface area contributed by atoms with Gasteiger partial charge in [0.2, 0.25) is 0 Å². The SMILES string of the molecule is CCCNC(=NCC(C)(O)c1ccco1)NCC.I. The number of guanidine groups is 1. The molecular weight excluding hydrogens is 357 g/mol. The van der Waals surface area contributed by atoms with Gasteiger partial charge in [-0.05, 0) is 32.4 Å². The smallest absolute Gasteiger partial charge is 0.191 e. The fraction of sp³-hybridized carbons (Fsp3) is 0.615. The second-order valence-corrected chi connectivity index (χ2v) is 4.37. The van der Waals surface area contributed by atoms with Crippen molar-refractivity contribution in [3.05, 3.63) is 24.2 Å². The normalized spacial score (nSPS) is 14.4. The molecule has 0 spiro atoms. The summed E-state index contributed by atoms with van der Waals surface area (Å²) in [5.74, 6) is 1.24. The molecule has 1 aromatic heterocycles. The fourth-order valence-electron chi connectivity index (χ4n) is 1.48. The lowest BCUT2D eigenvalue weighted by atomic mass is 10.0. The van der Waals surface area contributed by atoms with Crippen molar-refractivity contribution in [2.75, 3.05) is 19.6 Å². The van der Waals surface area contributed by atoms with Crippen molar-refractivity contribution in [2.24, 2.45) is 4.99 Å². The highest BCUT2D eigenvalue weighted by Crippen LogP contribution is 2.20. The summed E-state index contributed by atoms with van der Waals surface area (Å²) in [6, 6.07) is 3.51. The predicted molar refractivity (Wildman–Crippen MR) is 88.0 cm³/mol. The van der Waals surface area contributed by atoms with Crippen molar-refractivity contribution in [3.8, 4) is 0 Å². The second-order valence-electron chi connectivity index (χ2n) is 4.37. The van der Waals surface area contributed by atoms with Crippen LogP contribution in [0.25, 0.3) is 0 Å². The molecule has 5 nitrogen and oxygen atoms in total. The molecular formula is C13H24IN3O2. The topological polar surface area (TPSA) is 69.8 Å². The molecule has 1 aromatic rings. The highest BCUT2D eigenvalue weighted by Gasteiger charge is 2.25. The summed E-state index contributed by atoms with van der Waals surface area (Å²) in [4.78, 5) is 4.36. The molecule has 0 aromatic carbocycles. The highest BCUT2D eigenvalue weighted by molar-refractivity contribution is 14.0. The maximum atomic E-state index is 10.3. The third-order valence-corrected chi connectivity index (χ3v) is 2.48. The molecule has 110 valence electrons. The highest BCUT2D eigenvalue weighted by atomic mass is 127. The number of aliphatic imine (C=N–C) groups is 1. The van der Waals surface area contributed by atoms with Crippen LogP contribution in [0.2, 0.25) is 0 Å². The summed E-state index contributed by atoms with van der Waals surface area (Å²) in [5.41, 5.74) is -1.09. The second kappa shape index (κ2) is 9.19. The molecule has 19 heavy (non-hydrogen) atoms. The zero-order valence-corrected chi connectivity index (χ0v) is 14.1. The van der Waals surface area contributed by atoms with Gasteiger partial charge in [0.25, 0.3) is 0 Å². The van der Waals surface area contributed by atoms with E-state index >= 15 is 0 Å². The van der Waals surface area contributed by atoms with E-state index in [9.17, 15) is 5.11 Å². The number of hydrogen-bond acceptors (Lipinski definition) is 3. The van der Waals surface area contributed by atoms with Crippen LogP contribution in [0.1, 0.15) is 33.0 Å². The molecule has 1 rings (SSSR count). The summed E-state index contributed by atoms with van der Waals surface area (Å²) in [6.45, 7) is 7.69. The van der Waals surface area contributed by atoms with E-state index in [1.807, 2.05) is 6.92 Å². The van der Waals surface area contributed by atoms with Gasteiger partial charge in [0, 0.05) is 13.1 Å². The Labute approximate surface area is 131 Å². The van der Waals surface area contributed by atoms with Crippen molar-refractivity contribution >= 4 is 29.9 Å². The molecule has 1 atom stereocenters. The molecule has 0 radical (unpaired) electrons. The van der Waals surface area contributed by atoms with Crippen molar-refractivity contribution in [2.45, 2.75) is 32.8 Å². The van der Waals surface area contributed by atoms with Crippen molar-refractivity contribution in [1.82, 2.24) is 10.6 Å². The molecule has 1 unspecified atom stereocenters. The minimum Gasteiger partial charge on any atom is -0.466 e. The number of nitrogens with one attached hydrogen (secondary N) is 2. The van der Waals surface area contributed by atoms with Crippen LogP contribution in [0.5, 0.6) is 0 Å². The minimum absolute atomic E-state index is 0. The summed E-state index contributed by atoms with van der Waals surface area (Å²) in [5, 5.41) is 16.6. The molecule has 0 aliphatic carbocycles. The molecule has 0 amide bonds. The number of aliphatic hydroxyl groups is 1. The van der Waals surface area contributed by atoms with Gasteiger partial charge >= 0.3 is 0 Å². The number of furan rings is 1. The Kier molecular flexibility index (Phi) is 8.82. The average Bonchev–Trinajstić information content (AvgIpc) is 2.87. The van der Waals surface area contributed by atoms with Gasteiger partial charge in [-0.25, -0.2) is 4.99 Å². The monoisotopic (exact) mass is 381 g/mol. The lowest BCUT2D eigenvalue weighted by molar-refractivity contribution is 0.0437. The van der Waals surface area contributed by atoms with Gasteiger partial charge in [-0.3, -0.25) is 0 Å². The van der Waals surface area contributed by atoms with E-state index in [0.717, 1.165) is 19.5 Å². The zero-order chi connectivity index (χ0) is 13.4. The Morgan fingerprint density at radius 2 is 2.16 bits per heavy atom. The van der Waals surface area contributed by atoms with Crippen molar-refractivity contribution in [1.29, 1.82) is 0 Å². The van der Waals surface area contributed by atoms with E-state index in [1.165, 1.54) is 0 Å². The fourth-order valence-corrected chi connectivity index (χ4v) is 1.48. The molecule has 0 bridgehead atoms. The molecule has 0 aliphatic rings. The van der Waals surface area contributed by atoms with Gasteiger partial charge in [0.05, 0.1) is 12.8 Å². The van der Waals surface area contributed by atoms with E-state index in [2.05, 4.69) is 22.5 Å². The van der Waals surface area contributed by atoms with E-state index in [4.69, 9.17) is 4.42 Å². The summed E-state index contributed by atoms with van der Waals surface area (Å²) in [6.07, 6.45) is 2.58. The van der Waals surface area contributed by atoms with Gasteiger partial charge in [0.15, 0.2) is 5.96 Å². The Balaban J connectivity index is 0.00000324. The zero-order valence-electron chi connectivity index (χ0n) is 11.8. The van der Waals surface area contributed by atoms with Crippen LogP contribution in [0.15, 0.2) is 27.8 Å². The Morgan fingerprint density at radius 1 is 1.42 bits per heavy atom. The van der Waals surface area contributed by atoms with Crippen molar-refractivity contribution in [3.63, 3.8) is 0 Å². The molecule has 6 heteroatoms. The van der Waals surface area contributed by atoms with Crippen LogP contribution in [0.3, 0.4) is 0 Å². The third-order valence-electron chi connectivity index (χ3n) is 2.48. The maximum Gasteiger partial charge on any atom is 0.191 e. The van der Waals surface area contributed by atoms with Crippen LogP contribution in [0.4, 0.5) is 0 Å². The predicted octanol–water partition coefficient (Wildman–Crippen LogP) is 2.07. The van der Waals surface area contributed by atoms with Crippen LogP contribution in [0, 0.1) is 0 Å². The molecule has 0 saturated heterocycles. The first-order valence-electron chi connectivity index (χ1n) is 6.38. The summed E-state index contributed by atoms with van der Waals surface area (Å²) in [7, 11) is 0. The molecule has 0 saturated carbocycles. The minimum atomic E-state index is -1.09. The van der Waals surface area contributed by atoms with Crippen LogP contribution in [-0.4, -0.2) is 30.7 Å². The number of rotatable bonds is 6. The summed E-state index contributed by atoms with van der Waals surface area (Å²) >= 11 is 0. The first-order valence-corrected chi connectivity index (χ1v) is 6.38. The maximum absolute atomic E-state index is 10.3. The van der Waals surface area contributed by atoms with Gasteiger partial charge in [-0.15, -0.1) is 24.0 Å². The summed E-state index contributed by atoms with van der Waals surface area (Å²) < 4.78 is 5.21. The Hall–Kier alpha value is -0.760. The lowest BCUT2D eigenvalue weighted by Crippen LogP contribution is -2.39. The van der Waals surface area contributed by atoms with E-state index in [0.29, 0.717) is 11.7 Å². The van der Waals surface area contributed by atoms with Gasteiger partial charge < -0.3 is 20.2 Å². The first kappa shape index (κ1) is 18.2. The number of halogens is 1. The van der Waals surface area contributed by atoms with Crippen LogP contribution < -0.4 is 10.6 Å². The van der Waals surface area contributed by atoms with E-state index in [-0.39, 0.29) is 30.5 Å². The van der Waals surface area contributed by atoms with E-state index < -0.39 is 5.60 Å².